The molecule has 4 heteroatoms. The van der Waals surface area contributed by atoms with Crippen LogP contribution < -0.4 is 4.74 Å². The Hall–Kier alpha value is -1.55. The lowest BCUT2D eigenvalue weighted by molar-refractivity contribution is -0.138. The lowest BCUT2D eigenvalue weighted by atomic mass is 10.2. The normalized spacial score (nSPS) is 12.4. The van der Waals surface area contributed by atoms with Crippen LogP contribution in [-0.2, 0) is 4.79 Å². The summed E-state index contributed by atoms with van der Waals surface area (Å²) < 4.78 is 5.60. The van der Waals surface area contributed by atoms with Gasteiger partial charge in [0.25, 0.3) is 0 Å². The van der Waals surface area contributed by atoms with Crippen molar-refractivity contribution < 1.29 is 14.6 Å². The fourth-order valence-corrected chi connectivity index (χ4v) is 1.86. The van der Waals surface area contributed by atoms with Gasteiger partial charge in [0, 0.05) is 12.6 Å². The van der Waals surface area contributed by atoms with Crippen molar-refractivity contribution in [2.45, 2.75) is 32.7 Å². The molecule has 0 aliphatic heterocycles. The number of rotatable bonds is 9. The fraction of sp³-hybridized carbons (Fsp3) is 0.533. The largest absolute Gasteiger partial charge is 0.494 e. The Bertz CT molecular complexity index is 367. The number of carboxylic acids is 1. The van der Waals surface area contributed by atoms with Crippen molar-refractivity contribution in [2.24, 2.45) is 0 Å². The van der Waals surface area contributed by atoms with Crippen LogP contribution in [0, 0.1) is 0 Å². The second kappa shape index (κ2) is 8.53. The first-order valence-corrected chi connectivity index (χ1v) is 6.77. The van der Waals surface area contributed by atoms with Crippen LogP contribution in [0.5, 0.6) is 5.75 Å². The molecule has 0 saturated heterocycles. The van der Waals surface area contributed by atoms with Gasteiger partial charge in [-0.25, -0.2) is 0 Å². The zero-order valence-electron chi connectivity index (χ0n) is 11.7. The molecule has 0 radical (unpaired) electrons. The van der Waals surface area contributed by atoms with Crippen molar-refractivity contribution in [1.82, 2.24) is 4.90 Å². The number of hydrogen-bond donors (Lipinski definition) is 1. The van der Waals surface area contributed by atoms with E-state index in [2.05, 4.69) is 13.8 Å². The Balaban J connectivity index is 2.29. The van der Waals surface area contributed by atoms with E-state index in [1.54, 1.807) is 0 Å². The monoisotopic (exact) mass is 265 g/mol. The Kier molecular flexibility index (Phi) is 6.97. The van der Waals surface area contributed by atoms with Crippen LogP contribution in [0.15, 0.2) is 30.3 Å². The third kappa shape index (κ3) is 6.25. The lowest BCUT2D eigenvalue weighted by Gasteiger charge is -2.26. The number of benzene rings is 1. The van der Waals surface area contributed by atoms with Gasteiger partial charge in [0.15, 0.2) is 0 Å². The number of hydrogen-bond acceptors (Lipinski definition) is 3. The van der Waals surface area contributed by atoms with E-state index in [0.717, 1.165) is 25.1 Å². The molecular weight excluding hydrogens is 242 g/mol. The standard InChI is InChI=1S/C15H23NO3/c1-3-13(2)16(12-15(17)18)10-7-11-19-14-8-5-4-6-9-14/h4-6,8-9,13H,3,7,10-12H2,1-2H3,(H,17,18). The second-order valence-corrected chi connectivity index (χ2v) is 4.64. The van der Waals surface area contributed by atoms with Crippen molar-refractivity contribution in [1.29, 1.82) is 0 Å². The Labute approximate surface area is 115 Å². The van der Waals surface area contributed by atoms with Crippen LogP contribution in [0.4, 0.5) is 0 Å². The summed E-state index contributed by atoms with van der Waals surface area (Å²) in [5, 5.41) is 8.89. The summed E-state index contributed by atoms with van der Waals surface area (Å²) in [6, 6.07) is 9.95. The molecule has 0 aromatic heterocycles. The molecule has 1 rings (SSSR count). The Morgan fingerprint density at radius 2 is 2.05 bits per heavy atom. The molecule has 0 heterocycles. The van der Waals surface area contributed by atoms with E-state index in [-0.39, 0.29) is 12.6 Å². The molecule has 0 aliphatic carbocycles. The highest BCUT2D eigenvalue weighted by Gasteiger charge is 2.14. The van der Waals surface area contributed by atoms with Crippen LogP contribution in [0.25, 0.3) is 0 Å². The number of para-hydroxylation sites is 1. The smallest absolute Gasteiger partial charge is 0.317 e. The van der Waals surface area contributed by atoms with Crippen molar-refractivity contribution >= 4 is 5.97 Å². The van der Waals surface area contributed by atoms with Crippen molar-refractivity contribution in [3.63, 3.8) is 0 Å². The van der Waals surface area contributed by atoms with E-state index >= 15 is 0 Å². The lowest BCUT2D eigenvalue weighted by Crippen LogP contribution is -2.38. The molecule has 0 amide bonds. The van der Waals surface area contributed by atoms with E-state index in [1.807, 2.05) is 35.2 Å². The first kappa shape index (κ1) is 15.5. The first-order valence-electron chi connectivity index (χ1n) is 6.77. The molecule has 0 fully saturated rings. The van der Waals surface area contributed by atoms with E-state index < -0.39 is 5.97 Å². The number of nitrogens with zero attached hydrogens (tertiary/aromatic N) is 1. The van der Waals surface area contributed by atoms with Crippen LogP contribution in [0.1, 0.15) is 26.7 Å². The van der Waals surface area contributed by atoms with Gasteiger partial charge in [-0.2, -0.15) is 0 Å². The molecular formula is C15H23NO3. The maximum absolute atomic E-state index is 10.8. The molecule has 1 aromatic rings. The van der Waals surface area contributed by atoms with E-state index in [1.165, 1.54) is 0 Å². The number of aliphatic carboxylic acids is 1. The molecule has 0 aliphatic rings. The van der Waals surface area contributed by atoms with Crippen LogP contribution >= 0.6 is 0 Å². The Morgan fingerprint density at radius 1 is 1.37 bits per heavy atom. The van der Waals surface area contributed by atoms with Gasteiger partial charge in [-0.3, -0.25) is 9.69 Å². The molecule has 0 saturated carbocycles. The Morgan fingerprint density at radius 3 is 2.63 bits per heavy atom. The zero-order chi connectivity index (χ0) is 14.1. The molecule has 1 N–H and O–H groups in total. The van der Waals surface area contributed by atoms with Gasteiger partial charge in [0.1, 0.15) is 5.75 Å². The number of carboxylic acid groups (broad SMARTS) is 1. The highest BCUT2D eigenvalue weighted by atomic mass is 16.5. The average Bonchev–Trinajstić information content (AvgIpc) is 2.42. The van der Waals surface area contributed by atoms with E-state index in [4.69, 9.17) is 9.84 Å². The minimum absolute atomic E-state index is 0.0976. The summed E-state index contributed by atoms with van der Waals surface area (Å²) in [5.41, 5.74) is 0. The van der Waals surface area contributed by atoms with Gasteiger partial charge < -0.3 is 9.84 Å². The van der Waals surface area contributed by atoms with E-state index in [9.17, 15) is 4.79 Å². The third-order valence-corrected chi connectivity index (χ3v) is 3.15. The van der Waals surface area contributed by atoms with Gasteiger partial charge in [0.05, 0.1) is 13.2 Å². The number of ether oxygens (including phenoxy) is 1. The predicted molar refractivity (Wildman–Crippen MR) is 75.5 cm³/mol. The van der Waals surface area contributed by atoms with Gasteiger partial charge in [0.2, 0.25) is 0 Å². The van der Waals surface area contributed by atoms with Gasteiger partial charge >= 0.3 is 5.97 Å². The third-order valence-electron chi connectivity index (χ3n) is 3.15. The van der Waals surface area contributed by atoms with Gasteiger partial charge in [-0.15, -0.1) is 0 Å². The minimum Gasteiger partial charge on any atom is -0.494 e. The van der Waals surface area contributed by atoms with Crippen molar-refractivity contribution in [3.05, 3.63) is 30.3 Å². The average molecular weight is 265 g/mol. The minimum atomic E-state index is -0.774. The van der Waals surface area contributed by atoms with E-state index in [0.29, 0.717) is 6.61 Å². The highest BCUT2D eigenvalue weighted by Crippen LogP contribution is 2.09. The zero-order valence-corrected chi connectivity index (χ0v) is 11.7. The SMILES string of the molecule is CCC(C)N(CCCOc1ccccc1)CC(=O)O. The van der Waals surface area contributed by atoms with Crippen molar-refractivity contribution in [3.8, 4) is 5.75 Å². The molecule has 1 unspecified atom stereocenters. The summed E-state index contributed by atoms with van der Waals surface area (Å²) in [7, 11) is 0. The molecule has 0 bridgehead atoms. The van der Waals surface area contributed by atoms with Crippen LogP contribution in [-0.4, -0.2) is 41.7 Å². The topological polar surface area (TPSA) is 49.8 Å². The predicted octanol–water partition coefficient (Wildman–Crippen LogP) is 2.64. The van der Waals surface area contributed by atoms with Crippen LogP contribution in [0.2, 0.25) is 0 Å². The summed E-state index contributed by atoms with van der Waals surface area (Å²) in [5.74, 6) is 0.0834. The van der Waals surface area contributed by atoms with Gasteiger partial charge in [-0.1, -0.05) is 25.1 Å². The van der Waals surface area contributed by atoms with Crippen molar-refractivity contribution in [2.75, 3.05) is 19.7 Å². The fourth-order valence-electron chi connectivity index (χ4n) is 1.86. The molecule has 106 valence electrons. The first-order chi connectivity index (χ1) is 9.13. The maximum atomic E-state index is 10.8. The molecule has 1 aromatic carbocycles. The molecule has 19 heavy (non-hydrogen) atoms. The van der Waals surface area contributed by atoms with Crippen LogP contribution in [0.3, 0.4) is 0 Å². The quantitative estimate of drug-likeness (QED) is 0.697. The maximum Gasteiger partial charge on any atom is 0.317 e. The molecule has 1 atom stereocenters. The summed E-state index contributed by atoms with van der Waals surface area (Å²) >= 11 is 0. The second-order valence-electron chi connectivity index (χ2n) is 4.64. The summed E-state index contributed by atoms with van der Waals surface area (Å²) in [6.45, 7) is 5.58. The highest BCUT2D eigenvalue weighted by molar-refractivity contribution is 5.69. The summed E-state index contributed by atoms with van der Waals surface area (Å²) in [6.07, 6.45) is 1.78. The molecule has 0 spiro atoms. The molecule has 4 nitrogen and oxygen atoms in total. The van der Waals surface area contributed by atoms with Gasteiger partial charge in [-0.05, 0) is 31.9 Å². The number of carbonyl (C=O) groups is 1. The summed E-state index contributed by atoms with van der Waals surface area (Å²) in [4.78, 5) is 12.8.